The molecule has 0 unspecified atom stereocenters. The van der Waals surface area contributed by atoms with E-state index in [-0.39, 0.29) is 17.9 Å². The largest absolute Gasteiger partial charge is 0.338 e. The number of rotatable bonds is 3. The number of carbonyl (C=O) groups is 1. The molecule has 1 saturated heterocycles. The number of nitrogens with zero attached hydrogens (tertiary/aromatic N) is 2. The summed E-state index contributed by atoms with van der Waals surface area (Å²) in [6.07, 6.45) is 1.02. The molecule has 0 bridgehead atoms. The van der Waals surface area contributed by atoms with Gasteiger partial charge in [0.25, 0.3) is 5.91 Å². The van der Waals surface area contributed by atoms with Crippen molar-refractivity contribution in [3.63, 3.8) is 0 Å². The van der Waals surface area contributed by atoms with Gasteiger partial charge in [-0.1, -0.05) is 25.9 Å². The quantitative estimate of drug-likeness (QED) is 0.672. The summed E-state index contributed by atoms with van der Waals surface area (Å²) in [4.78, 5) is 24.4. The molecule has 4 heteroatoms. The van der Waals surface area contributed by atoms with E-state index in [9.17, 15) is 9.70 Å². The second kappa shape index (κ2) is 4.73. The van der Waals surface area contributed by atoms with Gasteiger partial charge in [0.2, 0.25) is 0 Å². The predicted molar refractivity (Wildman–Crippen MR) is 59.4 cm³/mol. The lowest BCUT2D eigenvalue weighted by molar-refractivity contribution is -0.134. The van der Waals surface area contributed by atoms with Gasteiger partial charge in [-0.25, -0.2) is 0 Å². The van der Waals surface area contributed by atoms with Crippen LogP contribution in [0.25, 0.3) is 0 Å². The van der Waals surface area contributed by atoms with Gasteiger partial charge in [0.05, 0.1) is 0 Å². The van der Waals surface area contributed by atoms with Crippen LogP contribution >= 0.6 is 0 Å². The van der Waals surface area contributed by atoms with Crippen molar-refractivity contribution in [3.8, 4) is 0 Å². The lowest BCUT2D eigenvalue weighted by atomic mass is 10.0. The zero-order valence-electron chi connectivity index (χ0n) is 9.93. The van der Waals surface area contributed by atoms with Crippen molar-refractivity contribution in [2.45, 2.75) is 46.2 Å². The summed E-state index contributed by atoms with van der Waals surface area (Å²) in [7, 11) is 0. The van der Waals surface area contributed by atoms with Crippen LogP contribution in [-0.2, 0) is 4.79 Å². The average molecular weight is 212 g/mol. The van der Waals surface area contributed by atoms with Crippen LogP contribution in [0.2, 0.25) is 0 Å². The zero-order valence-corrected chi connectivity index (χ0v) is 9.93. The van der Waals surface area contributed by atoms with Crippen LogP contribution in [0.4, 0.5) is 0 Å². The number of hydrogen-bond acceptors (Lipinski definition) is 3. The van der Waals surface area contributed by atoms with Gasteiger partial charge >= 0.3 is 0 Å². The molecule has 15 heavy (non-hydrogen) atoms. The zero-order chi connectivity index (χ0) is 11.6. The van der Waals surface area contributed by atoms with Gasteiger partial charge in [-0.15, -0.1) is 4.91 Å². The minimum atomic E-state index is -0.710. The number of carbonyl (C=O) groups excluding carboxylic acids is 1. The van der Waals surface area contributed by atoms with Gasteiger partial charge in [0.1, 0.15) is 0 Å². The topological polar surface area (TPSA) is 49.7 Å². The van der Waals surface area contributed by atoms with Crippen molar-refractivity contribution in [3.05, 3.63) is 4.91 Å². The van der Waals surface area contributed by atoms with Crippen LogP contribution in [0.3, 0.4) is 0 Å². The number of likely N-dealkylation sites (tertiary alicyclic amines) is 1. The van der Waals surface area contributed by atoms with E-state index in [2.05, 4.69) is 12.1 Å². The van der Waals surface area contributed by atoms with Gasteiger partial charge in [-0.05, 0) is 25.2 Å². The molecule has 1 fully saturated rings. The molecule has 0 aromatic rings. The van der Waals surface area contributed by atoms with Crippen molar-refractivity contribution in [2.24, 2.45) is 17.0 Å². The molecule has 1 amide bonds. The standard InChI is InChI=1S/C11H20N2O2/c1-7(2)10(12-15)11(14)13-6-5-8(3)9(13)4/h7-10H,5-6H2,1-4H3/t8-,9-,10+/m1/s1. The molecule has 0 aromatic heterocycles. The van der Waals surface area contributed by atoms with Crippen molar-refractivity contribution in [1.29, 1.82) is 0 Å². The van der Waals surface area contributed by atoms with Crippen LogP contribution in [0, 0.1) is 16.7 Å². The molecule has 3 atom stereocenters. The Morgan fingerprint density at radius 3 is 2.33 bits per heavy atom. The molecule has 0 radical (unpaired) electrons. The maximum absolute atomic E-state index is 12.0. The lowest BCUT2D eigenvalue weighted by Gasteiger charge is -2.26. The van der Waals surface area contributed by atoms with E-state index in [0.29, 0.717) is 5.92 Å². The molecular formula is C11H20N2O2. The fourth-order valence-corrected chi connectivity index (χ4v) is 2.03. The van der Waals surface area contributed by atoms with E-state index >= 15 is 0 Å². The Labute approximate surface area is 91.0 Å². The van der Waals surface area contributed by atoms with Gasteiger partial charge in [-0.3, -0.25) is 4.79 Å². The van der Waals surface area contributed by atoms with Crippen LogP contribution in [0.1, 0.15) is 34.1 Å². The number of hydrogen-bond donors (Lipinski definition) is 0. The Morgan fingerprint density at radius 1 is 1.40 bits per heavy atom. The molecule has 1 rings (SSSR count). The first-order chi connectivity index (χ1) is 6.99. The fourth-order valence-electron chi connectivity index (χ4n) is 2.03. The first-order valence-electron chi connectivity index (χ1n) is 5.62. The van der Waals surface area contributed by atoms with Gasteiger partial charge in [0.15, 0.2) is 6.04 Å². The predicted octanol–water partition coefficient (Wildman–Crippen LogP) is 2.03. The first kappa shape index (κ1) is 12.1. The highest BCUT2D eigenvalue weighted by Gasteiger charge is 2.36. The number of amides is 1. The third kappa shape index (κ3) is 2.36. The lowest BCUT2D eigenvalue weighted by Crippen LogP contribution is -2.43. The second-order valence-electron chi connectivity index (χ2n) is 4.83. The number of nitroso groups, excluding NO2 is 1. The molecule has 0 aliphatic carbocycles. The summed E-state index contributed by atoms with van der Waals surface area (Å²) in [6, 6.07) is -0.474. The van der Waals surface area contributed by atoms with Crippen LogP contribution < -0.4 is 0 Å². The monoisotopic (exact) mass is 212 g/mol. The van der Waals surface area contributed by atoms with Crippen LogP contribution in [-0.4, -0.2) is 29.4 Å². The summed E-state index contributed by atoms with van der Waals surface area (Å²) < 4.78 is 0. The van der Waals surface area contributed by atoms with Crippen molar-refractivity contribution in [2.75, 3.05) is 6.54 Å². The Hall–Kier alpha value is -0.930. The maximum Gasteiger partial charge on any atom is 0.251 e. The van der Waals surface area contributed by atoms with Gasteiger partial charge in [0, 0.05) is 12.6 Å². The van der Waals surface area contributed by atoms with E-state index in [1.807, 2.05) is 20.8 Å². The van der Waals surface area contributed by atoms with Crippen molar-refractivity contribution >= 4 is 5.91 Å². The Morgan fingerprint density at radius 2 is 2.00 bits per heavy atom. The Balaban J connectivity index is 2.71. The van der Waals surface area contributed by atoms with Gasteiger partial charge < -0.3 is 4.90 Å². The van der Waals surface area contributed by atoms with E-state index in [1.165, 1.54) is 0 Å². The van der Waals surface area contributed by atoms with E-state index < -0.39 is 6.04 Å². The summed E-state index contributed by atoms with van der Waals surface area (Å²) >= 11 is 0. The molecule has 0 aromatic carbocycles. The van der Waals surface area contributed by atoms with E-state index in [4.69, 9.17) is 0 Å². The molecule has 86 valence electrons. The SMILES string of the molecule is CC(C)[C@H](N=O)C(=O)N1CC[C@@H](C)[C@H]1C. The molecule has 1 aliphatic rings. The van der Waals surface area contributed by atoms with E-state index in [0.717, 1.165) is 13.0 Å². The first-order valence-corrected chi connectivity index (χ1v) is 5.62. The average Bonchev–Trinajstić information content (AvgIpc) is 2.48. The third-order valence-electron chi connectivity index (χ3n) is 3.42. The van der Waals surface area contributed by atoms with Crippen molar-refractivity contribution in [1.82, 2.24) is 4.90 Å². The molecule has 1 aliphatic heterocycles. The molecule has 0 N–H and O–H groups in total. The molecular weight excluding hydrogens is 192 g/mol. The minimum absolute atomic E-state index is 0.0156. The van der Waals surface area contributed by atoms with Crippen LogP contribution in [0.5, 0.6) is 0 Å². The van der Waals surface area contributed by atoms with E-state index in [1.54, 1.807) is 4.90 Å². The highest BCUT2D eigenvalue weighted by Crippen LogP contribution is 2.25. The summed E-state index contributed by atoms with van der Waals surface area (Å²) in [5.74, 6) is 0.406. The van der Waals surface area contributed by atoms with Crippen molar-refractivity contribution < 1.29 is 4.79 Å². The molecule has 1 heterocycles. The molecule has 0 saturated carbocycles. The highest BCUT2D eigenvalue weighted by molar-refractivity contribution is 5.82. The maximum atomic E-state index is 12.0. The third-order valence-corrected chi connectivity index (χ3v) is 3.42. The molecule has 0 spiro atoms. The summed E-state index contributed by atoms with van der Waals surface area (Å²) in [5, 5.41) is 2.95. The molecule has 4 nitrogen and oxygen atoms in total. The highest BCUT2D eigenvalue weighted by atomic mass is 16.3. The smallest absolute Gasteiger partial charge is 0.251 e. The summed E-state index contributed by atoms with van der Waals surface area (Å²) in [5.41, 5.74) is 0. The van der Waals surface area contributed by atoms with Gasteiger partial charge in [-0.2, -0.15) is 0 Å². The summed E-state index contributed by atoms with van der Waals surface area (Å²) in [6.45, 7) is 8.65. The minimum Gasteiger partial charge on any atom is -0.338 e. The Kier molecular flexibility index (Phi) is 3.83. The fraction of sp³-hybridized carbons (Fsp3) is 0.909. The normalized spacial score (nSPS) is 28.2. The van der Waals surface area contributed by atoms with Crippen LogP contribution in [0.15, 0.2) is 5.18 Å². The second-order valence-corrected chi connectivity index (χ2v) is 4.83. The Bertz CT molecular complexity index is 253.